The van der Waals surface area contributed by atoms with Gasteiger partial charge in [0, 0.05) is 12.1 Å². The van der Waals surface area contributed by atoms with Crippen molar-refractivity contribution in [1.29, 1.82) is 0 Å². The Morgan fingerprint density at radius 1 is 0.925 bits per heavy atom. The van der Waals surface area contributed by atoms with E-state index in [9.17, 15) is 4.79 Å². The molecular formula is C32H39N3O5. The number of nitrogens with one attached hydrogen (secondary N) is 1. The number of nitrogens with zero attached hydrogens (tertiary/aromatic N) is 2. The first kappa shape index (κ1) is 28.8. The zero-order valence-corrected chi connectivity index (χ0v) is 24.4. The SMILES string of the molecule is COc1cc(C(=O)NC(C)c2nc3ccccc3n2CCCOc2cc(C)ccc2C(C)C)cc(OC)c1OC. The van der Waals surface area contributed by atoms with Crippen LogP contribution in [0.3, 0.4) is 0 Å². The Balaban J connectivity index is 1.52. The highest BCUT2D eigenvalue weighted by Gasteiger charge is 2.22. The van der Waals surface area contributed by atoms with Gasteiger partial charge in [-0.1, -0.05) is 38.1 Å². The molecule has 1 amide bonds. The minimum atomic E-state index is -0.357. The third-order valence-corrected chi connectivity index (χ3v) is 6.92. The number of imidazole rings is 1. The maximum absolute atomic E-state index is 13.3. The Morgan fingerprint density at radius 3 is 2.27 bits per heavy atom. The number of para-hydroxylation sites is 2. The Kier molecular flexibility index (Phi) is 9.19. The number of hydrogen-bond donors (Lipinski definition) is 1. The molecule has 1 unspecified atom stereocenters. The lowest BCUT2D eigenvalue weighted by atomic mass is 10.0. The monoisotopic (exact) mass is 545 g/mol. The topological polar surface area (TPSA) is 83.8 Å². The highest BCUT2D eigenvalue weighted by molar-refractivity contribution is 5.96. The van der Waals surface area contributed by atoms with Crippen LogP contribution in [0.1, 0.15) is 66.5 Å². The Hall–Kier alpha value is -4.20. The van der Waals surface area contributed by atoms with Gasteiger partial charge < -0.3 is 28.8 Å². The first-order valence-electron chi connectivity index (χ1n) is 13.6. The number of hydrogen-bond acceptors (Lipinski definition) is 6. The molecule has 8 heteroatoms. The molecule has 0 aliphatic carbocycles. The number of carbonyl (C=O) groups is 1. The maximum Gasteiger partial charge on any atom is 0.252 e. The Labute approximate surface area is 236 Å². The predicted molar refractivity (Wildman–Crippen MR) is 157 cm³/mol. The van der Waals surface area contributed by atoms with Gasteiger partial charge in [0.15, 0.2) is 11.5 Å². The minimum absolute atomic E-state index is 0.269. The molecule has 1 heterocycles. The number of aromatic nitrogens is 2. The van der Waals surface area contributed by atoms with Crippen molar-refractivity contribution in [3.8, 4) is 23.0 Å². The molecule has 3 aromatic carbocycles. The standard InChI is InChI=1S/C32H39N3O5/c1-20(2)24-14-13-21(3)17-27(24)40-16-10-15-35-26-12-9-8-11-25(26)34-31(35)22(4)33-32(36)23-18-28(37-5)30(39-7)29(19-23)38-6/h8-9,11-14,17-20,22H,10,15-16H2,1-7H3,(H,33,36). The van der Waals surface area contributed by atoms with E-state index >= 15 is 0 Å². The summed E-state index contributed by atoms with van der Waals surface area (Å²) in [7, 11) is 4.58. The van der Waals surface area contributed by atoms with Gasteiger partial charge in [0.2, 0.25) is 5.75 Å². The summed E-state index contributed by atoms with van der Waals surface area (Å²) < 4.78 is 24.6. The second-order valence-electron chi connectivity index (χ2n) is 10.1. The quantitative estimate of drug-likeness (QED) is 0.206. The lowest BCUT2D eigenvalue weighted by molar-refractivity contribution is 0.0936. The van der Waals surface area contributed by atoms with Crippen molar-refractivity contribution in [3.63, 3.8) is 0 Å². The number of ether oxygens (including phenoxy) is 4. The van der Waals surface area contributed by atoms with Crippen LogP contribution in [0, 0.1) is 6.92 Å². The van der Waals surface area contributed by atoms with Gasteiger partial charge in [-0.15, -0.1) is 0 Å². The van der Waals surface area contributed by atoms with Gasteiger partial charge in [0.25, 0.3) is 5.91 Å². The lowest BCUT2D eigenvalue weighted by Crippen LogP contribution is -2.29. The Morgan fingerprint density at radius 2 is 1.62 bits per heavy atom. The zero-order valence-electron chi connectivity index (χ0n) is 24.4. The van der Waals surface area contributed by atoms with Crippen LogP contribution in [0.25, 0.3) is 11.0 Å². The molecule has 1 aromatic heterocycles. The van der Waals surface area contributed by atoms with Gasteiger partial charge in [-0.25, -0.2) is 4.98 Å². The summed E-state index contributed by atoms with van der Waals surface area (Å²) in [6, 6.07) is 17.3. The summed E-state index contributed by atoms with van der Waals surface area (Å²) in [5.41, 5.74) is 4.69. The highest BCUT2D eigenvalue weighted by atomic mass is 16.5. The van der Waals surface area contributed by atoms with Gasteiger partial charge >= 0.3 is 0 Å². The van der Waals surface area contributed by atoms with Crippen molar-refractivity contribution < 1.29 is 23.7 Å². The molecule has 8 nitrogen and oxygen atoms in total. The summed E-state index contributed by atoms with van der Waals surface area (Å²) >= 11 is 0. The van der Waals surface area contributed by atoms with E-state index in [2.05, 4.69) is 54.9 Å². The molecule has 0 radical (unpaired) electrons. The summed E-state index contributed by atoms with van der Waals surface area (Å²) in [6.07, 6.45) is 0.784. The van der Waals surface area contributed by atoms with Crippen LogP contribution in [0.4, 0.5) is 0 Å². The molecule has 1 atom stereocenters. The number of amides is 1. The first-order valence-corrected chi connectivity index (χ1v) is 13.6. The van der Waals surface area contributed by atoms with E-state index in [-0.39, 0.29) is 11.9 Å². The third kappa shape index (κ3) is 6.17. The van der Waals surface area contributed by atoms with Crippen molar-refractivity contribution in [2.24, 2.45) is 0 Å². The molecule has 4 rings (SSSR count). The largest absolute Gasteiger partial charge is 0.493 e. The molecular weight excluding hydrogens is 506 g/mol. The molecule has 1 N–H and O–H groups in total. The fourth-order valence-electron chi connectivity index (χ4n) is 4.86. The number of benzene rings is 3. The molecule has 0 saturated carbocycles. The van der Waals surface area contributed by atoms with Crippen LogP contribution in [0.15, 0.2) is 54.6 Å². The number of rotatable bonds is 12. The normalized spacial score (nSPS) is 11.9. The van der Waals surface area contributed by atoms with E-state index < -0.39 is 0 Å². The third-order valence-electron chi connectivity index (χ3n) is 6.92. The molecule has 0 saturated heterocycles. The van der Waals surface area contributed by atoms with Crippen molar-refractivity contribution in [1.82, 2.24) is 14.9 Å². The van der Waals surface area contributed by atoms with E-state index in [0.717, 1.165) is 29.0 Å². The van der Waals surface area contributed by atoms with Crippen LogP contribution in [0.5, 0.6) is 23.0 Å². The first-order chi connectivity index (χ1) is 19.3. The van der Waals surface area contributed by atoms with Crippen LogP contribution in [-0.2, 0) is 6.54 Å². The second kappa shape index (κ2) is 12.8. The maximum atomic E-state index is 13.3. The van der Waals surface area contributed by atoms with E-state index in [1.807, 2.05) is 25.1 Å². The summed E-state index contributed by atoms with van der Waals surface area (Å²) in [4.78, 5) is 18.2. The van der Waals surface area contributed by atoms with Crippen LogP contribution >= 0.6 is 0 Å². The summed E-state index contributed by atoms with van der Waals surface area (Å²) in [5, 5.41) is 3.09. The number of methoxy groups -OCH3 is 3. The Bertz CT molecular complexity index is 1450. The fourth-order valence-corrected chi connectivity index (χ4v) is 4.86. The van der Waals surface area contributed by atoms with Gasteiger partial charge in [0.1, 0.15) is 11.6 Å². The number of aryl methyl sites for hydroxylation is 2. The summed E-state index contributed by atoms with van der Waals surface area (Å²) in [5.74, 6) is 3.10. The van der Waals surface area contributed by atoms with Crippen molar-refractivity contribution in [2.75, 3.05) is 27.9 Å². The molecule has 0 spiro atoms. The second-order valence-corrected chi connectivity index (χ2v) is 10.1. The highest BCUT2D eigenvalue weighted by Crippen LogP contribution is 2.38. The zero-order chi connectivity index (χ0) is 28.8. The summed E-state index contributed by atoms with van der Waals surface area (Å²) in [6.45, 7) is 9.63. The van der Waals surface area contributed by atoms with Crippen molar-refractivity contribution in [3.05, 3.63) is 77.1 Å². The van der Waals surface area contributed by atoms with Crippen LogP contribution in [-0.4, -0.2) is 43.4 Å². The molecule has 0 bridgehead atoms. The minimum Gasteiger partial charge on any atom is -0.493 e. The van der Waals surface area contributed by atoms with Crippen LogP contribution < -0.4 is 24.3 Å². The van der Waals surface area contributed by atoms with Gasteiger partial charge in [0.05, 0.1) is 45.0 Å². The average Bonchev–Trinajstić information content (AvgIpc) is 3.33. The molecule has 212 valence electrons. The molecule has 0 aliphatic rings. The lowest BCUT2D eigenvalue weighted by Gasteiger charge is -2.18. The fraction of sp³-hybridized carbons (Fsp3) is 0.375. The van der Waals surface area contributed by atoms with E-state index in [1.54, 1.807) is 12.1 Å². The average molecular weight is 546 g/mol. The smallest absolute Gasteiger partial charge is 0.252 e. The predicted octanol–water partition coefficient (Wildman–Crippen LogP) is 6.45. The van der Waals surface area contributed by atoms with Crippen molar-refractivity contribution >= 4 is 16.9 Å². The molecule has 0 fully saturated rings. The number of fused-ring (bicyclic) bond motifs is 1. The van der Waals surface area contributed by atoms with E-state index in [1.165, 1.54) is 32.5 Å². The van der Waals surface area contributed by atoms with Gasteiger partial charge in [-0.3, -0.25) is 4.79 Å². The van der Waals surface area contributed by atoms with Crippen LogP contribution in [0.2, 0.25) is 0 Å². The number of carbonyl (C=O) groups excluding carboxylic acids is 1. The van der Waals surface area contributed by atoms with Gasteiger partial charge in [-0.05, 0) is 67.6 Å². The van der Waals surface area contributed by atoms with Gasteiger partial charge in [-0.2, -0.15) is 0 Å². The molecule has 0 aliphatic heterocycles. The van der Waals surface area contributed by atoms with E-state index in [4.69, 9.17) is 23.9 Å². The molecule has 4 aromatic rings. The molecule has 40 heavy (non-hydrogen) atoms. The van der Waals surface area contributed by atoms with Crippen molar-refractivity contribution in [2.45, 2.75) is 52.6 Å². The van der Waals surface area contributed by atoms with E-state index in [0.29, 0.717) is 41.9 Å².